The van der Waals surface area contributed by atoms with E-state index in [-0.39, 0.29) is 35.4 Å². The molecule has 0 saturated carbocycles. The molecule has 2 rings (SSSR count). The van der Waals surface area contributed by atoms with Crippen LogP contribution in [-0.2, 0) is 23.0 Å². The molecule has 0 spiro atoms. The highest BCUT2D eigenvalue weighted by molar-refractivity contribution is 14.0. The lowest BCUT2D eigenvalue weighted by Gasteiger charge is -2.21. The Hall–Kier alpha value is -1.65. The van der Waals surface area contributed by atoms with Crippen molar-refractivity contribution >= 4 is 40.0 Å². The van der Waals surface area contributed by atoms with Crippen LogP contribution in [0.15, 0.2) is 64.5 Å². The van der Waals surface area contributed by atoms with E-state index in [0.717, 1.165) is 19.5 Å². The molecular formula is C22H33IN4O2S. The standard InChI is InChI=1S/C22H32N4O2S.HI/c1-5-23-21(24-16-15-18-11-7-6-8-12-18)25-17-19-13-9-10-14-20(19)29(27,28)26-22(2,3)4;/h6-14,26H,5,15-17H2,1-4H3,(H2,23,24,25);1H. The van der Waals surface area contributed by atoms with Gasteiger partial charge in [-0.2, -0.15) is 0 Å². The maximum atomic E-state index is 12.8. The minimum absolute atomic E-state index is 0. The van der Waals surface area contributed by atoms with Gasteiger partial charge < -0.3 is 10.6 Å². The first kappa shape index (κ1) is 26.4. The zero-order valence-corrected chi connectivity index (χ0v) is 21.3. The number of rotatable bonds is 8. The Morgan fingerprint density at radius 1 is 0.967 bits per heavy atom. The van der Waals surface area contributed by atoms with Crippen LogP contribution in [0.5, 0.6) is 0 Å². The Bertz CT molecular complexity index is 910. The average molecular weight is 545 g/mol. The molecule has 0 aliphatic carbocycles. The highest BCUT2D eigenvalue weighted by Gasteiger charge is 2.24. The molecule has 0 bridgehead atoms. The molecule has 0 fully saturated rings. The lowest BCUT2D eigenvalue weighted by Crippen LogP contribution is -2.41. The number of hydrogen-bond donors (Lipinski definition) is 3. The Labute approximate surface area is 198 Å². The summed E-state index contributed by atoms with van der Waals surface area (Å²) in [5, 5.41) is 6.52. The third-order valence-electron chi connectivity index (χ3n) is 4.00. The number of guanidine groups is 1. The van der Waals surface area contributed by atoms with Crippen LogP contribution in [0.4, 0.5) is 0 Å². The maximum Gasteiger partial charge on any atom is 0.241 e. The van der Waals surface area contributed by atoms with Gasteiger partial charge in [-0.15, -0.1) is 24.0 Å². The van der Waals surface area contributed by atoms with Crippen LogP contribution in [0.25, 0.3) is 0 Å². The normalized spacial score (nSPS) is 12.2. The summed E-state index contributed by atoms with van der Waals surface area (Å²) in [5.41, 5.74) is 1.36. The summed E-state index contributed by atoms with van der Waals surface area (Å²) >= 11 is 0. The molecule has 2 aromatic carbocycles. The molecule has 0 heterocycles. The van der Waals surface area contributed by atoms with Gasteiger partial charge in [-0.1, -0.05) is 48.5 Å². The van der Waals surface area contributed by atoms with Gasteiger partial charge in [0.25, 0.3) is 0 Å². The molecule has 166 valence electrons. The molecular weight excluding hydrogens is 511 g/mol. The Balaban J connectivity index is 0.00000450. The van der Waals surface area contributed by atoms with E-state index in [2.05, 4.69) is 32.5 Å². The average Bonchev–Trinajstić information content (AvgIpc) is 2.65. The summed E-state index contributed by atoms with van der Waals surface area (Å²) in [6, 6.07) is 17.2. The third kappa shape index (κ3) is 9.01. The molecule has 30 heavy (non-hydrogen) atoms. The van der Waals surface area contributed by atoms with Crippen molar-refractivity contribution in [3.63, 3.8) is 0 Å². The monoisotopic (exact) mass is 544 g/mol. The smallest absolute Gasteiger partial charge is 0.241 e. The zero-order valence-electron chi connectivity index (χ0n) is 18.1. The Kier molecular flexibility index (Phi) is 10.8. The fourth-order valence-corrected chi connectivity index (χ4v) is 4.48. The van der Waals surface area contributed by atoms with Crippen molar-refractivity contribution in [1.82, 2.24) is 15.4 Å². The van der Waals surface area contributed by atoms with E-state index in [9.17, 15) is 8.42 Å². The third-order valence-corrected chi connectivity index (χ3v) is 5.86. The summed E-state index contributed by atoms with van der Waals surface area (Å²) in [4.78, 5) is 4.85. The van der Waals surface area contributed by atoms with Gasteiger partial charge in [0.2, 0.25) is 10.0 Å². The number of aliphatic imine (C=N–C) groups is 1. The van der Waals surface area contributed by atoms with Crippen molar-refractivity contribution in [2.24, 2.45) is 4.99 Å². The summed E-state index contributed by atoms with van der Waals surface area (Å²) < 4.78 is 28.3. The Morgan fingerprint density at radius 3 is 2.23 bits per heavy atom. The van der Waals surface area contributed by atoms with E-state index in [0.29, 0.717) is 11.5 Å². The molecule has 8 heteroatoms. The second-order valence-electron chi connectivity index (χ2n) is 7.82. The van der Waals surface area contributed by atoms with Gasteiger partial charge in [-0.3, -0.25) is 0 Å². The molecule has 2 aromatic rings. The number of sulfonamides is 1. The van der Waals surface area contributed by atoms with Crippen LogP contribution in [0, 0.1) is 0 Å². The van der Waals surface area contributed by atoms with Crippen molar-refractivity contribution < 1.29 is 8.42 Å². The van der Waals surface area contributed by atoms with E-state index >= 15 is 0 Å². The molecule has 0 aliphatic rings. The number of hydrogen-bond acceptors (Lipinski definition) is 3. The first-order valence-electron chi connectivity index (χ1n) is 9.89. The van der Waals surface area contributed by atoms with E-state index < -0.39 is 15.6 Å². The van der Waals surface area contributed by atoms with Crippen molar-refractivity contribution in [2.45, 2.75) is 51.1 Å². The van der Waals surface area contributed by atoms with Crippen LogP contribution in [0.2, 0.25) is 0 Å². The molecule has 0 atom stereocenters. The fraction of sp³-hybridized carbons (Fsp3) is 0.409. The molecule has 0 aromatic heterocycles. The first-order valence-corrected chi connectivity index (χ1v) is 11.4. The fourth-order valence-electron chi connectivity index (χ4n) is 2.83. The van der Waals surface area contributed by atoms with E-state index in [1.807, 2.05) is 52.0 Å². The minimum atomic E-state index is -3.62. The topological polar surface area (TPSA) is 82.6 Å². The molecule has 0 saturated heterocycles. The van der Waals surface area contributed by atoms with Crippen molar-refractivity contribution in [1.29, 1.82) is 0 Å². The van der Waals surface area contributed by atoms with Crippen LogP contribution in [0.1, 0.15) is 38.8 Å². The van der Waals surface area contributed by atoms with E-state index in [1.165, 1.54) is 5.56 Å². The number of benzene rings is 2. The summed E-state index contributed by atoms with van der Waals surface area (Å²) in [7, 11) is -3.62. The lowest BCUT2D eigenvalue weighted by atomic mass is 10.1. The van der Waals surface area contributed by atoms with Gasteiger partial charge in [0, 0.05) is 18.6 Å². The van der Waals surface area contributed by atoms with Gasteiger partial charge in [-0.25, -0.2) is 18.1 Å². The molecule has 0 aliphatic heterocycles. The number of halogens is 1. The Morgan fingerprint density at radius 2 is 1.60 bits per heavy atom. The lowest BCUT2D eigenvalue weighted by molar-refractivity contribution is 0.491. The van der Waals surface area contributed by atoms with Crippen molar-refractivity contribution in [3.8, 4) is 0 Å². The molecule has 0 amide bonds. The van der Waals surface area contributed by atoms with Gasteiger partial charge in [0.05, 0.1) is 11.4 Å². The molecule has 6 nitrogen and oxygen atoms in total. The second kappa shape index (κ2) is 12.3. The SMILES string of the molecule is CCNC(=NCc1ccccc1S(=O)(=O)NC(C)(C)C)NCCc1ccccc1.I. The van der Waals surface area contributed by atoms with Gasteiger partial charge >= 0.3 is 0 Å². The molecule has 3 N–H and O–H groups in total. The van der Waals surface area contributed by atoms with Crippen molar-refractivity contribution in [3.05, 3.63) is 65.7 Å². The molecule has 0 radical (unpaired) electrons. The predicted molar refractivity (Wildman–Crippen MR) is 135 cm³/mol. The summed E-state index contributed by atoms with van der Waals surface area (Å²) in [6.07, 6.45) is 0.881. The van der Waals surface area contributed by atoms with Crippen LogP contribution in [0.3, 0.4) is 0 Å². The highest BCUT2D eigenvalue weighted by atomic mass is 127. The van der Waals surface area contributed by atoms with Gasteiger partial charge in [-0.05, 0) is 51.3 Å². The van der Waals surface area contributed by atoms with Crippen LogP contribution >= 0.6 is 24.0 Å². The second-order valence-corrected chi connectivity index (χ2v) is 9.47. The zero-order chi connectivity index (χ0) is 21.3. The number of nitrogens with zero attached hydrogens (tertiary/aromatic N) is 1. The summed E-state index contributed by atoms with van der Waals surface area (Å²) in [6.45, 7) is 9.20. The summed E-state index contributed by atoms with van der Waals surface area (Å²) in [5.74, 6) is 0.666. The largest absolute Gasteiger partial charge is 0.357 e. The van der Waals surface area contributed by atoms with E-state index in [1.54, 1.807) is 18.2 Å². The minimum Gasteiger partial charge on any atom is -0.357 e. The first-order chi connectivity index (χ1) is 13.7. The van der Waals surface area contributed by atoms with Crippen LogP contribution in [-0.4, -0.2) is 33.0 Å². The maximum absolute atomic E-state index is 12.8. The van der Waals surface area contributed by atoms with Gasteiger partial charge in [0.15, 0.2) is 5.96 Å². The van der Waals surface area contributed by atoms with Crippen molar-refractivity contribution in [2.75, 3.05) is 13.1 Å². The number of nitrogens with one attached hydrogen (secondary N) is 3. The molecule has 0 unspecified atom stereocenters. The quantitative estimate of drug-likeness (QED) is 0.269. The highest BCUT2D eigenvalue weighted by Crippen LogP contribution is 2.18. The van der Waals surface area contributed by atoms with Crippen LogP contribution < -0.4 is 15.4 Å². The van der Waals surface area contributed by atoms with Gasteiger partial charge in [0.1, 0.15) is 0 Å². The predicted octanol–water partition coefficient (Wildman–Crippen LogP) is 3.68. The van der Waals surface area contributed by atoms with E-state index in [4.69, 9.17) is 0 Å².